The molecule has 4 rings (SSSR count). The summed E-state index contributed by atoms with van der Waals surface area (Å²) in [7, 11) is 0. The lowest BCUT2D eigenvalue weighted by molar-refractivity contribution is -0.396. The molecule has 0 amide bonds. The van der Waals surface area contributed by atoms with Crippen LogP contribution in [0.3, 0.4) is 0 Å². The minimum Gasteiger partial charge on any atom is -0.390 e. The van der Waals surface area contributed by atoms with E-state index >= 15 is 0 Å². The molecular formula is C19H21N5O3. The molecule has 1 aromatic carbocycles. The van der Waals surface area contributed by atoms with Crippen molar-refractivity contribution in [3.63, 3.8) is 0 Å². The van der Waals surface area contributed by atoms with Crippen LogP contribution in [0.4, 0.5) is 11.6 Å². The number of benzene rings is 1. The molecule has 140 valence electrons. The summed E-state index contributed by atoms with van der Waals surface area (Å²) in [6, 6.07) is 10.1. The number of hydrogen-bond donors (Lipinski definition) is 0. The van der Waals surface area contributed by atoms with Crippen molar-refractivity contribution in [2.24, 2.45) is 0 Å². The monoisotopic (exact) mass is 367 g/mol. The smallest absolute Gasteiger partial charge is 0.390 e. The molecule has 3 aromatic rings. The van der Waals surface area contributed by atoms with Gasteiger partial charge in [0.1, 0.15) is 24.6 Å². The van der Waals surface area contributed by atoms with Crippen LogP contribution in [0.15, 0.2) is 47.2 Å². The molecule has 1 aliphatic rings. The number of anilines is 1. The number of nitro groups is 1. The lowest BCUT2D eigenvalue weighted by atomic mass is 10.1. The zero-order valence-electron chi connectivity index (χ0n) is 15.0. The van der Waals surface area contributed by atoms with E-state index in [1.54, 1.807) is 6.20 Å². The highest BCUT2D eigenvalue weighted by molar-refractivity contribution is 5.63. The number of imidazole rings is 1. The highest BCUT2D eigenvalue weighted by Gasteiger charge is 2.17. The van der Waals surface area contributed by atoms with Crippen molar-refractivity contribution < 1.29 is 9.45 Å². The van der Waals surface area contributed by atoms with Gasteiger partial charge in [-0.25, -0.2) is 4.57 Å². The number of hydrogen-bond acceptors (Lipinski definition) is 6. The van der Waals surface area contributed by atoms with Gasteiger partial charge in [-0.1, -0.05) is 35.1 Å². The Kier molecular flexibility index (Phi) is 4.86. The van der Waals surface area contributed by atoms with E-state index < -0.39 is 4.92 Å². The largest absolute Gasteiger partial charge is 0.434 e. The van der Waals surface area contributed by atoms with Gasteiger partial charge < -0.3 is 19.5 Å². The molecule has 1 aliphatic heterocycles. The van der Waals surface area contributed by atoms with Crippen LogP contribution in [0, 0.1) is 10.1 Å². The molecule has 0 radical (unpaired) electrons. The fourth-order valence-electron chi connectivity index (χ4n) is 3.46. The quantitative estimate of drug-likeness (QED) is 0.502. The average molecular weight is 367 g/mol. The fourth-order valence-corrected chi connectivity index (χ4v) is 3.46. The normalized spacial score (nSPS) is 14.9. The van der Waals surface area contributed by atoms with Crippen LogP contribution in [0.2, 0.25) is 0 Å². The van der Waals surface area contributed by atoms with Crippen molar-refractivity contribution in [1.82, 2.24) is 14.7 Å². The predicted molar refractivity (Wildman–Crippen MR) is 101 cm³/mol. The Labute approximate surface area is 156 Å². The molecule has 2 aromatic heterocycles. The summed E-state index contributed by atoms with van der Waals surface area (Å²) < 4.78 is 6.78. The lowest BCUT2D eigenvalue weighted by Crippen LogP contribution is -2.23. The second kappa shape index (κ2) is 7.61. The Morgan fingerprint density at radius 2 is 1.85 bits per heavy atom. The molecule has 0 atom stereocenters. The minimum absolute atomic E-state index is 0.213. The van der Waals surface area contributed by atoms with Crippen molar-refractivity contribution in [2.45, 2.75) is 32.2 Å². The first-order valence-electron chi connectivity index (χ1n) is 9.17. The molecule has 8 nitrogen and oxygen atoms in total. The summed E-state index contributed by atoms with van der Waals surface area (Å²) in [5.74, 6) is 0.331. The molecule has 27 heavy (non-hydrogen) atoms. The summed E-state index contributed by atoms with van der Waals surface area (Å²) in [5.41, 5.74) is 2.91. The fraction of sp³-hybridized carbons (Fsp3) is 0.368. The standard InChI is InChI=1S/C19H21N5O3/c25-24(26)19-20-9-12-23(19)14-17-13-18(21-27-17)15-5-7-16(8-6-15)22-10-3-1-2-4-11-22/h5-9,12-13H,1-4,10-11,14H2. The zero-order valence-corrected chi connectivity index (χ0v) is 15.0. The van der Waals surface area contributed by atoms with Gasteiger partial charge in [0, 0.05) is 30.4 Å². The third-order valence-electron chi connectivity index (χ3n) is 4.88. The second-order valence-corrected chi connectivity index (χ2v) is 6.74. The number of nitrogens with zero attached hydrogens (tertiary/aromatic N) is 5. The van der Waals surface area contributed by atoms with E-state index in [-0.39, 0.29) is 12.5 Å². The van der Waals surface area contributed by atoms with E-state index in [0.29, 0.717) is 5.76 Å². The van der Waals surface area contributed by atoms with E-state index in [1.807, 2.05) is 18.2 Å². The Balaban J connectivity index is 1.48. The van der Waals surface area contributed by atoms with Crippen molar-refractivity contribution >= 4 is 11.6 Å². The van der Waals surface area contributed by atoms with Crippen molar-refractivity contribution in [1.29, 1.82) is 0 Å². The maximum absolute atomic E-state index is 11.0. The highest BCUT2D eigenvalue weighted by atomic mass is 16.6. The van der Waals surface area contributed by atoms with Crippen molar-refractivity contribution in [3.8, 4) is 11.3 Å². The zero-order chi connectivity index (χ0) is 18.6. The van der Waals surface area contributed by atoms with E-state index in [0.717, 1.165) is 24.3 Å². The first kappa shape index (κ1) is 17.3. The van der Waals surface area contributed by atoms with E-state index in [9.17, 15) is 10.1 Å². The topological polar surface area (TPSA) is 90.2 Å². The van der Waals surface area contributed by atoms with Crippen LogP contribution in [0.1, 0.15) is 31.4 Å². The molecule has 0 aliphatic carbocycles. The van der Waals surface area contributed by atoms with Gasteiger partial charge >= 0.3 is 5.95 Å². The molecule has 3 heterocycles. The molecule has 1 fully saturated rings. The van der Waals surface area contributed by atoms with E-state index in [2.05, 4.69) is 27.2 Å². The average Bonchev–Trinajstić information content (AvgIpc) is 3.25. The molecule has 0 bridgehead atoms. The molecule has 0 saturated carbocycles. The molecule has 0 N–H and O–H groups in total. The van der Waals surface area contributed by atoms with Gasteiger partial charge in [-0.3, -0.25) is 0 Å². The molecule has 8 heteroatoms. The first-order valence-corrected chi connectivity index (χ1v) is 9.17. The Morgan fingerprint density at radius 1 is 1.11 bits per heavy atom. The summed E-state index contributed by atoms with van der Waals surface area (Å²) in [6.45, 7) is 2.43. The van der Waals surface area contributed by atoms with Gasteiger partial charge in [0.2, 0.25) is 0 Å². The Bertz CT molecular complexity index is 908. The SMILES string of the molecule is O=[N+]([O-])c1nccn1Cc1cc(-c2ccc(N3CCCCCC3)cc2)no1. The third-order valence-corrected chi connectivity index (χ3v) is 4.88. The predicted octanol–water partition coefficient (Wildman–Crippen LogP) is 3.88. The summed E-state index contributed by atoms with van der Waals surface area (Å²) in [4.78, 5) is 16.6. The van der Waals surface area contributed by atoms with Crippen molar-refractivity contribution in [2.75, 3.05) is 18.0 Å². The van der Waals surface area contributed by atoms with E-state index in [1.165, 1.54) is 42.1 Å². The van der Waals surface area contributed by atoms with Gasteiger partial charge in [0.25, 0.3) is 0 Å². The number of aromatic nitrogens is 3. The van der Waals surface area contributed by atoms with Gasteiger partial charge in [0.05, 0.1) is 0 Å². The summed E-state index contributed by atoms with van der Waals surface area (Å²) in [6.07, 6.45) is 8.06. The minimum atomic E-state index is -0.515. The van der Waals surface area contributed by atoms with Crippen LogP contribution in [-0.4, -0.2) is 32.7 Å². The van der Waals surface area contributed by atoms with Crippen LogP contribution in [-0.2, 0) is 6.54 Å². The van der Waals surface area contributed by atoms with Gasteiger partial charge in [-0.2, -0.15) is 0 Å². The van der Waals surface area contributed by atoms with E-state index in [4.69, 9.17) is 4.52 Å². The van der Waals surface area contributed by atoms with Crippen LogP contribution in [0.25, 0.3) is 11.3 Å². The summed E-state index contributed by atoms with van der Waals surface area (Å²) >= 11 is 0. The molecular weight excluding hydrogens is 346 g/mol. The van der Waals surface area contributed by atoms with Gasteiger partial charge in [0.15, 0.2) is 5.76 Å². The maximum atomic E-state index is 11.0. The number of rotatable bonds is 5. The van der Waals surface area contributed by atoms with Crippen LogP contribution < -0.4 is 4.90 Å². The Morgan fingerprint density at radius 3 is 2.56 bits per heavy atom. The van der Waals surface area contributed by atoms with Gasteiger partial charge in [-0.05, 0) is 29.9 Å². The van der Waals surface area contributed by atoms with Crippen LogP contribution in [0.5, 0.6) is 0 Å². The lowest BCUT2D eigenvalue weighted by Gasteiger charge is -2.22. The molecule has 0 spiro atoms. The molecule has 0 unspecified atom stereocenters. The molecule has 1 saturated heterocycles. The second-order valence-electron chi connectivity index (χ2n) is 6.74. The first-order chi connectivity index (χ1) is 13.2. The van der Waals surface area contributed by atoms with Gasteiger partial charge in [-0.15, -0.1) is 0 Å². The highest BCUT2D eigenvalue weighted by Crippen LogP contribution is 2.25. The summed E-state index contributed by atoms with van der Waals surface area (Å²) in [5, 5.41) is 15.1. The Hall–Kier alpha value is -3.16. The van der Waals surface area contributed by atoms with Crippen LogP contribution >= 0.6 is 0 Å². The maximum Gasteiger partial charge on any atom is 0.434 e. The third kappa shape index (κ3) is 3.84. The van der Waals surface area contributed by atoms with Crippen molar-refractivity contribution in [3.05, 3.63) is 58.6 Å².